The van der Waals surface area contributed by atoms with Crippen LogP contribution >= 0.6 is 0 Å². The number of aromatic nitrogens is 2. The monoisotopic (exact) mass is 208 g/mol. The first kappa shape index (κ1) is 10.2. The SMILES string of the molecule is CCc1cn[nH]c1NC(=O)C1CCNC1. The molecule has 0 aliphatic carbocycles. The highest BCUT2D eigenvalue weighted by Crippen LogP contribution is 2.15. The Bertz CT molecular complexity index is 341. The van der Waals surface area contributed by atoms with Gasteiger partial charge in [0, 0.05) is 12.1 Å². The quantitative estimate of drug-likeness (QED) is 0.678. The van der Waals surface area contributed by atoms with Crippen molar-refractivity contribution in [1.82, 2.24) is 15.5 Å². The van der Waals surface area contributed by atoms with Gasteiger partial charge in [0.2, 0.25) is 5.91 Å². The first-order chi connectivity index (χ1) is 7.31. The number of H-pyrrole nitrogens is 1. The zero-order valence-corrected chi connectivity index (χ0v) is 8.84. The fourth-order valence-corrected chi connectivity index (χ4v) is 1.79. The smallest absolute Gasteiger partial charge is 0.229 e. The molecule has 2 rings (SSSR count). The minimum atomic E-state index is 0.0824. The van der Waals surface area contributed by atoms with E-state index in [1.54, 1.807) is 6.20 Å². The van der Waals surface area contributed by atoms with Crippen molar-refractivity contribution in [2.24, 2.45) is 5.92 Å². The summed E-state index contributed by atoms with van der Waals surface area (Å²) in [6.45, 7) is 3.75. The maximum absolute atomic E-state index is 11.8. The molecular weight excluding hydrogens is 192 g/mol. The maximum Gasteiger partial charge on any atom is 0.229 e. The summed E-state index contributed by atoms with van der Waals surface area (Å²) in [7, 11) is 0. The predicted molar refractivity (Wildman–Crippen MR) is 57.6 cm³/mol. The average molecular weight is 208 g/mol. The second kappa shape index (κ2) is 4.44. The molecule has 1 amide bonds. The van der Waals surface area contributed by atoms with Crippen molar-refractivity contribution in [2.75, 3.05) is 18.4 Å². The van der Waals surface area contributed by atoms with Crippen molar-refractivity contribution >= 4 is 11.7 Å². The summed E-state index contributed by atoms with van der Waals surface area (Å²) in [5, 5.41) is 12.8. The van der Waals surface area contributed by atoms with E-state index in [0.29, 0.717) is 0 Å². The van der Waals surface area contributed by atoms with Crippen molar-refractivity contribution in [3.8, 4) is 0 Å². The molecule has 1 aliphatic heterocycles. The molecule has 0 spiro atoms. The van der Waals surface area contributed by atoms with E-state index in [1.165, 1.54) is 0 Å². The number of carbonyl (C=O) groups is 1. The number of rotatable bonds is 3. The third-order valence-electron chi connectivity index (χ3n) is 2.78. The highest BCUT2D eigenvalue weighted by atomic mass is 16.2. The van der Waals surface area contributed by atoms with Gasteiger partial charge in [0.1, 0.15) is 5.82 Å². The number of aryl methyl sites for hydroxylation is 1. The summed E-state index contributed by atoms with van der Waals surface area (Å²) in [4.78, 5) is 11.8. The lowest BCUT2D eigenvalue weighted by atomic mass is 10.1. The molecule has 2 heterocycles. The first-order valence-electron chi connectivity index (χ1n) is 5.35. The Balaban J connectivity index is 1.98. The van der Waals surface area contributed by atoms with Gasteiger partial charge < -0.3 is 10.6 Å². The Morgan fingerprint density at radius 2 is 2.60 bits per heavy atom. The number of aromatic amines is 1. The van der Waals surface area contributed by atoms with E-state index in [1.807, 2.05) is 6.92 Å². The minimum absolute atomic E-state index is 0.0824. The van der Waals surface area contributed by atoms with E-state index in [-0.39, 0.29) is 11.8 Å². The van der Waals surface area contributed by atoms with Gasteiger partial charge >= 0.3 is 0 Å². The van der Waals surface area contributed by atoms with Crippen LogP contribution in [0.1, 0.15) is 18.9 Å². The fourth-order valence-electron chi connectivity index (χ4n) is 1.79. The molecule has 0 radical (unpaired) electrons. The van der Waals surface area contributed by atoms with Crippen molar-refractivity contribution < 1.29 is 4.79 Å². The van der Waals surface area contributed by atoms with Crippen LogP contribution in [0.2, 0.25) is 0 Å². The summed E-state index contributed by atoms with van der Waals surface area (Å²) < 4.78 is 0. The van der Waals surface area contributed by atoms with Crippen LogP contribution in [0.5, 0.6) is 0 Å². The molecule has 0 saturated carbocycles. The van der Waals surface area contributed by atoms with Gasteiger partial charge in [-0.3, -0.25) is 9.89 Å². The molecular formula is C10H16N4O. The third kappa shape index (κ3) is 2.18. The number of hydrogen-bond acceptors (Lipinski definition) is 3. The van der Waals surface area contributed by atoms with Gasteiger partial charge in [-0.15, -0.1) is 0 Å². The van der Waals surface area contributed by atoms with Crippen LogP contribution in [0.4, 0.5) is 5.82 Å². The Morgan fingerprint density at radius 3 is 3.27 bits per heavy atom. The molecule has 5 nitrogen and oxygen atoms in total. The largest absolute Gasteiger partial charge is 0.316 e. The van der Waals surface area contributed by atoms with E-state index in [4.69, 9.17) is 0 Å². The van der Waals surface area contributed by atoms with Gasteiger partial charge in [0.25, 0.3) is 0 Å². The zero-order chi connectivity index (χ0) is 10.7. The number of carbonyl (C=O) groups excluding carboxylic acids is 1. The molecule has 1 atom stereocenters. The topological polar surface area (TPSA) is 69.8 Å². The van der Waals surface area contributed by atoms with Crippen LogP contribution < -0.4 is 10.6 Å². The van der Waals surface area contributed by atoms with E-state index in [0.717, 1.165) is 37.3 Å². The van der Waals surface area contributed by atoms with Crippen molar-refractivity contribution in [1.29, 1.82) is 0 Å². The Morgan fingerprint density at radius 1 is 1.73 bits per heavy atom. The number of anilines is 1. The highest BCUT2D eigenvalue weighted by molar-refractivity contribution is 5.92. The normalized spacial score (nSPS) is 20.5. The zero-order valence-electron chi connectivity index (χ0n) is 8.84. The Hall–Kier alpha value is -1.36. The summed E-state index contributed by atoms with van der Waals surface area (Å²) in [5.41, 5.74) is 1.05. The van der Waals surface area contributed by atoms with E-state index < -0.39 is 0 Å². The number of nitrogens with zero attached hydrogens (tertiary/aromatic N) is 1. The van der Waals surface area contributed by atoms with E-state index in [2.05, 4.69) is 20.8 Å². The molecule has 1 unspecified atom stereocenters. The van der Waals surface area contributed by atoms with E-state index in [9.17, 15) is 4.79 Å². The van der Waals surface area contributed by atoms with Crippen LogP contribution in [0.3, 0.4) is 0 Å². The predicted octanol–water partition coefficient (Wildman–Crippen LogP) is 0.520. The van der Waals surface area contributed by atoms with Gasteiger partial charge in [-0.05, 0) is 19.4 Å². The average Bonchev–Trinajstić information content (AvgIpc) is 2.87. The molecule has 3 N–H and O–H groups in total. The number of hydrogen-bond donors (Lipinski definition) is 3. The molecule has 1 saturated heterocycles. The third-order valence-corrected chi connectivity index (χ3v) is 2.78. The molecule has 1 aliphatic rings. The minimum Gasteiger partial charge on any atom is -0.316 e. The maximum atomic E-state index is 11.8. The molecule has 5 heteroatoms. The van der Waals surface area contributed by atoms with Gasteiger partial charge in [-0.2, -0.15) is 5.10 Å². The van der Waals surface area contributed by atoms with Crippen LogP contribution in [0.15, 0.2) is 6.20 Å². The number of amides is 1. The van der Waals surface area contributed by atoms with Crippen molar-refractivity contribution in [3.05, 3.63) is 11.8 Å². The van der Waals surface area contributed by atoms with Crippen molar-refractivity contribution in [3.63, 3.8) is 0 Å². The first-order valence-corrected chi connectivity index (χ1v) is 5.35. The molecule has 0 bridgehead atoms. The second-order valence-corrected chi connectivity index (χ2v) is 3.80. The summed E-state index contributed by atoms with van der Waals surface area (Å²) >= 11 is 0. The van der Waals surface area contributed by atoms with Gasteiger partial charge in [-0.25, -0.2) is 0 Å². The van der Waals surface area contributed by atoms with Crippen LogP contribution in [0, 0.1) is 5.92 Å². The fraction of sp³-hybridized carbons (Fsp3) is 0.600. The second-order valence-electron chi connectivity index (χ2n) is 3.80. The van der Waals surface area contributed by atoms with Crippen molar-refractivity contribution in [2.45, 2.75) is 19.8 Å². The Labute approximate surface area is 88.6 Å². The molecule has 0 aromatic carbocycles. The van der Waals surface area contributed by atoms with Gasteiger partial charge in [0.15, 0.2) is 0 Å². The lowest BCUT2D eigenvalue weighted by Gasteiger charge is -2.09. The standard InChI is InChI=1S/C10H16N4O/c1-2-7-6-12-14-9(7)13-10(15)8-3-4-11-5-8/h6,8,11H,2-5H2,1H3,(H2,12,13,14,15). The molecule has 82 valence electrons. The van der Waals surface area contributed by atoms with Crippen LogP contribution in [-0.2, 0) is 11.2 Å². The number of nitrogens with one attached hydrogen (secondary N) is 3. The lowest BCUT2D eigenvalue weighted by molar-refractivity contribution is -0.119. The van der Waals surface area contributed by atoms with Crippen LogP contribution in [-0.4, -0.2) is 29.2 Å². The van der Waals surface area contributed by atoms with Crippen LogP contribution in [0.25, 0.3) is 0 Å². The Kier molecular flexibility index (Phi) is 3.01. The van der Waals surface area contributed by atoms with Gasteiger partial charge in [-0.1, -0.05) is 6.92 Å². The summed E-state index contributed by atoms with van der Waals surface area (Å²) in [6, 6.07) is 0. The molecule has 15 heavy (non-hydrogen) atoms. The molecule has 1 aromatic rings. The highest BCUT2D eigenvalue weighted by Gasteiger charge is 2.23. The lowest BCUT2D eigenvalue weighted by Crippen LogP contribution is -2.25. The van der Waals surface area contributed by atoms with Gasteiger partial charge in [0.05, 0.1) is 12.1 Å². The summed E-state index contributed by atoms with van der Waals surface area (Å²) in [6.07, 6.45) is 3.54. The summed E-state index contributed by atoms with van der Waals surface area (Å²) in [5.74, 6) is 0.923. The molecule has 1 fully saturated rings. The van der Waals surface area contributed by atoms with E-state index >= 15 is 0 Å². The molecule has 1 aromatic heterocycles.